The molecule has 0 atom stereocenters. The van der Waals surface area contributed by atoms with E-state index in [9.17, 15) is 4.79 Å². The second-order valence-electron chi connectivity index (χ2n) is 5.66. The summed E-state index contributed by atoms with van der Waals surface area (Å²) in [4.78, 5) is 14.2. The number of carbonyl (C=O) groups is 1. The summed E-state index contributed by atoms with van der Waals surface area (Å²) in [5.41, 5.74) is 2.71. The molecule has 1 aromatic heterocycles. The number of urea groups is 1. The first-order valence-electron chi connectivity index (χ1n) is 7.91. The van der Waals surface area contributed by atoms with E-state index in [1.165, 1.54) is 0 Å². The number of hydrogen-bond donors (Lipinski definition) is 1. The molecular formula is C17H21N3O4. The predicted octanol–water partition coefficient (Wildman–Crippen LogP) is 2.75. The molecule has 7 nitrogen and oxygen atoms in total. The number of aryl methyl sites for hydroxylation is 2. The summed E-state index contributed by atoms with van der Waals surface area (Å²) in [7, 11) is 0. The molecule has 24 heavy (non-hydrogen) atoms. The van der Waals surface area contributed by atoms with Crippen LogP contribution in [0.2, 0.25) is 0 Å². The highest BCUT2D eigenvalue weighted by Crippen LogP contribution is 2.32. The Labute approximate surface area is 140 Å². The molecule has 3 rings (SSSR count). The van der Waals surface area contributed by atoms with Crippen LogP contribution in [0.3, 0.4) is 0 Å². The highest BCUT2D eigenvalue weighted by Gasteiger charge is 2.17. The van der Waals surface area contributed by atoms with E-state index in [0.717, 1.165) is 34.1 Å². The fourth-order valence-electron chi connectivity index (χ4n) is 2.62. The van der Waals surface area contributed by atoms with Gasteiger partial charge < -0.3 is 24.2 Å². The van der Waals surface area contributed by atoms with Crippen LogP contribution < -0.4 is 14.8 Å². The standard InChI is InChI=1S/C17H21N3O4/c1-4-20(9-13-5-6-15-16(7-13)23-10-22-15)17(21)18-8-14-11(2)19-24-12(14)3/h5-7H,4,8-10H2,1-3H3,(H,18,21). The Bertz CT molecular complexity index is 722. The van der Waals surface area contributed by atoms with Gasteiger partial charge in [-0.1, -0.05) is 11.2 Å². The minimum Gasteiger partial charge on any atom is -0.454 e. The lowest BCUT2D eigenvalue weighted by atomic mass is 10.2. The molecule has 0 saturated heterocycles. The minimum atomic E-state index is -0.129. The zero-order valence-electron chi connectivity index (χ0n) is 14.1. The van der Waals surface area contributed by atoms with Crippen molar-refractivity contribution < 1.29 is 18.8 Å². The van der Waals surface area contributed by atoms with E-state index in [1.807, 2.05) is 39.0 Å². The molecule has 128 valence electrons. The van der Waals surface area contributed by atoms with Crippen molar-refractivity contribution in [1.82, 2.24) is 15.4 Å². The zero-order valence-corrected chi connectivity index (χ0v) is 14.1. The number of fused-ring (bicyclic) bond motifs is 1. The molecule has 0 aliphatic carbocycles. The van der Waals surface area contributed by atoms with Crippen LogP contribution in [0.1, 0.15) is 29.5 Å². The number of rotatable bonds is 5. The Morgan fingerprint density at radius 1 is 1.29 bits per heavy atom. The van der Waals surface area contributed by atoms with Crippen molar-refractivity contribution in [2.75, 3.05) is 13.3 Å². The summed E-state index contributed by atoms with van der Waals surface area (Å²) in [6.07, 6.45) is 0. The minimum absolute atomic E-state index is 0.129. The van der Waals surface area contributed by atoms with Crippen molar-refractivity contribution in [3.8, 4) is 11.5 Å². The second-order valence-corrected chi connectivity index (χ2v) is 5.66. The fraction of sp³-hybridized carbons (Fsp3) is 0.412. The van der Waals surface area contributed by atoms with Crippen molar-refractivity contribution in [1.29, 1.82) is 0 Å². The van der Waals surface area contributed by atoms with Crippen LogP contribution in [0.4, 0.5) is 4.79 Å². The summed E-state index contributed by atoms with van der Waals surface area (Å²) < 4.78 is 15.8. The molecule has 1 aliphatic rings. The van der Waals surface area contributed by atoms with E-state index in [0.29, 0.717) is 19.6 Å². The molecule has 0 fully saturated rings. The van der Waals surface area contributed by atoms with Gasteiger partial charge in [-0.3, -0.25) is 0 Å². The Morgan fingerprint density at radius 3 is 2.79 bits per heavy atom. The monoisotopic (exact) mass is 331 g/mol. The Morgan fingerprint density at radius 2 is 2.08 bits per heavy atom. The first kappa shape index (κ1) is 16.2. The van der Waals surface area contributed by atoms with Gasteiger partial charge in [-0.05, 0) is 38.5 Å². The molecule has 7 heteroatoms. The first-order valence-corrected chi connectivity index (χ1v) is 7.91. The highest BCUT2D eigenvalue weighted by atomic mass is 16.7. The van der Waals surface area contributed by atoms with Crippen LogP contribution in [0.25, 0.3) is 0 Å². The van der Waals surface area contributed by atoms with Crippen LogP contribution in [-0.4, -0.2) is 29.4 Å². The number of amides is 2. The molecule has 0 bridgehead atoms. The molecule has 2 aromatic rings. The molecule has 0 radical (unpaired) electrons. The van der Waals surface area contributed by atoms with Crippen LogP contribution in [0, 0.1) is 13.8 Å². The maximum atomic E-state index is 12.4. The smallest absolute Gasteiger partial charge is 0.317 e. The first-order chi connectivity index (χ1) is 11.6. The molecule has 2 heterocycles. The van der Waals surface area contributed by atoms with Gasteiger partial charge in [0, 0.05) is 25.2 Å². The zero-order chi connectivity index (χ0) is 17.1. The van der Waals surface area contributed by atoms with Gasteiger partial charge in [-0.25, -0.2) is 4.79 Å². The van der Waals surface area contributed by atoms with Gasteiger partial charge in [0.15, 0.2) is 11.5 Å². The number of nitrogens with zero attached hydrogens (tertiary/aromatic N) is 2. The van der Waals surface area contributed by atoms with Crippen LogP contribution in [-0.2, 0) is 13.1 Å². The van der Waals surface area contributed by atoms with Gasteiger partial charge in [-0.15, -0.1) is 0 Å². The van der Waals surface area contributed by atoms with Crippen molar-refractivity contribution in [3.05, 3.63) is 40.8 Å². The predicted molar refractivity (Wildman–Crippen MR) is 86.9 cm³/mol. The number of hydrogen-bond acceptors (Lipinski definition) is 5. The molecule has 2 amide bonds. The Kier molecular flexibility index (Phi) is 4.59. The number of carbonyl (C=O) groups excluding carboxylic acids is 1. The third-order valence-corrected chi connectivity index (χ3v) is 4.08. The molecule has 1 N–H and O–H groups in total. The average Bonchev–Trinajstić information content (AvgIpc) is 3.17. The fourth-order valence-corrected chi connectivity index (χ4v) is 2.62. The maximum Gasteiger partial charge on any atom is 0.317 e. The topological polar surface area (TPSA) is 76.8 Å². The molecule has 0 saturated carbocycles. The third kappa shape index (κ3) is 3.29. The van der Waals surface area contributed by atoms with Crippen molar-refractivity contribution >= 4 is 6.03 Å². The van der Waals surface area contributed by atoms with Gasteiger partial charge in [0.25, 0.3) is 0 Å². The van der Waals surface area contributed by atoms with Crippen LogP contribution in [0.15, 0.2) is 22.7 Å². The molecule has 0 spiro atoms. The molecule has 1 aliphatic heterocycles. The summed E-state index contributed by atoms with van der Waals surface area (Å²) in [5.74, 6) is 2.19. The van der Waals surface area contributed by atoms with Gasteiger partial charge in [0.2, 0.25) is 6.79 Å². The number of ether oxygens (including phenoxy) is 2. The lowest BCUT2D eigenvalue weighted by Crippen LogP contribution is -2.39. The summed E-state index contributed by atoms with van der Waals surface area (Å²) >= 11 is 0. The van der Waals surface area contributed by atoms with Crippen molar-refractivity contribution in [3.63, 3.8) is 0 Å². The lowest BCUT2D eigenvalue weighted by Gasteiger charge is -2.21. The molecule has 1 aromatic carbocycles. The Hall–Kier alpha value is -2.70. The van der Waals surface area contributed by atoms with E-state index < -0.39 is 0 Å². The summed E-state index contributed by atoms with van der Waals surface area (Å²) in [5, 5.41) is 6.82. The molecule has 0 unspecified atom stereocenters. The number of aromatic nitrogens is 1. The van der Waals surface area contributed by atoms with Gasteiger partial charge in [-0.2, -0.15) is 0 Å². The number of nitrogens with one attached hydrogen (secondary N) is 1. The van der Waals surface area contributed by atoms with Crippen molar-refractivity contribution in [2.45, 2.75) is 33.9 Å². The van der Waals surface area contributed by atoms with Crippen molar-refractivity contribution in [2.24, 2.45) is 0 Å². The van der Waals surface area contributed by atoms with E-state index >= 15 is 0 Å². The van der Waals surface area contributed by atoms with E-state index in [4.69, 9.17) is 14.0 Å². The summed E-state index contributed by atoms with van der Waals surface area (Å²) in [6, 6.07) is 5.59. The van der Waals surface area contributed by atoms with Crippen LogP contribution in [0.5, 0.6) is 11.5 Å². The van der Waals surface area contributed by atoms with E-state index in [1.54, 1.807) is 4.90 Å². The van der Waals surface area contributed by atoms with Crippen LogP contribution >= 0.6 is 0 Å². The molecular weight excluding hydrogens is 310 g/mol. The van der Waals surface area contributed by atoms with Gasteiger partial charge in [0.1, 0.15) is 5.76 Å². The highest BCUT2D eigenvalue weighted by molar-refractivity contribution is 5.74. The van der Waals surface area contributed by atoms with Gasteiger partial charge in [0.05, 0.1) is 5.69 Å². The largest absolute Gasteiger partial charge is 0.454 e. The van der Waals surface area contributed by atoms with Gasteiger partial charge >= 0.3 is 6.03 Å². The summed E-state index contributed by atoms with van der Waals surface area (Å²) in [6.45, 7) is 7.39. The quantitative estimate of drug-likeness (QED) is 0.911. The van der Waals surface area contributed by atoms with E-state index in [2.05, 4.69) is 10.5 Å². The normalized spacial score (nSPS) is 12.3. The average molecular weight is 331 g/mol. The SMILES string of the molecule is CCN(Cc1ccc2c(c1)OCO2)C(=O)NCc1c(C)noc1C. The lowest BCUT2D eigenvalue weighted by molar-refractivity contribution is 0.173. The number of benzene rings is 1. The van der Waals surface area contributed by atoms with E-state index in [-0.39, 0.29) is 12.8 Å². The Balaban J connectivity index is 1.62. The third-order valence-electron chi connectivity index (χ3n) is 4.08. The maximum absolute atomic E-state index is 12.4. The second kappa shape index (κ2) is 6.82.